The van der Waals surface area contributed by atoms with Crippen molar-refractivity contribution in [2.75, 3.05) is 6.54 Å². The lowest BCUT2D eigenvalue weighted by Crippen LogP contribution is -2.34. The van der Waals surface area contributed by atoms with Crippen LogP contribution in [0.2, 0.25) is 0 Å². The molecular formula is C15H24N2O. The standard InChI is InChI=1S/C15H24N2O/c1-12-5-4-6-13(11-12)8-10-17-14(18)7-9-15(2,3)16/h4-6,11H,7-10,16H2,1-3H3,(H,17,18). The van der Waals surface area contributed by atoms with Gasteiger partial charge in [0.2, 0.25) is 5.91 Å². The zero-order valence-electron chi connectivity index (χ0n) is 11.6. The fraction of sp³-hybridized carbons (Fsp3) is 0.533. The molecule has 0 aliphatic heterocycles. The van der Waals surface area contributed by atoms with Crippen molar-refractivity contribution in [1.29, 1.82) is 0 Å². The summed E-state index contributed by atoms with van der Waals surface area (Å²) in [5, 5.41) is 2.93. The van der Waals surface area contributed by atoms with Crippen LogP contribution in [-0.2, 0) is 11.2 Å². The Kier molecular flexibility index (Phi) is 5.35. The van der Waals surface area contributed by atoms with Gasteiger partial charge in [-0.25, -0.2) is 0 Å². The van der Waals surface area contributed by atoms with Gasteiger partial charge in [0.25, 0.3) is 0 Å². The quantitative estimate of drug-likeness (QED) is 0.810. The molecule has 0 unspecified atom stereocenters. The lowest BCUT2D eigenvalue weighted by Gasteiger charge is -2.17. The van der Waals surface area contributed by atoms with Crippen LogP contribution in [0, 0.1) is 6.92 Å². The summed E-state index contributed by atoms with van der Waals surface area (Å²) < 4.78 is 0. The highest BCUT2D eigenvalue weighted by atomic mass is 16.1. The average molecular weight is 248 g/mol. The van der Waals surface area contributed by atoms with E-state index in [1.807, 2.05) is 19.9 Å². The number of carbonyl (C=O) groups excluding carboxylic acids is 1. The lowest BCUT2D eigenvalue weighted by molar-refractivity contribution is -0.121. The summed E-state index contributed by atoms with van der Waals surface area (Å²) in [5.74, 6) is 0.0844. The second-order valence-electron chi connectivity index (χ2n) is 5.58. The molecule has 0 heterocycles. The molecule has 0 aliphatic rings. The Hall–Kier alpha value is -1.35. The molecule has 1 aromatic rings. The van der Waals surface area contributed by atoms with Gasteiger partial charge in [-0.3, -0.25) is 4.79 Å². The number of carbonyl (C=O) groups is 1. The molecule has 0 saturated carbocycles. The molecule has 1 rings (SSSR count). The van der Waals surface area contributed by atoms with Crippen molar-refractivity contribution >= 4 is 5.91 Å². The van der Waals surface area contributed by atoms with E-state index in [0.29, 0.717) is 19.4 Å². The Morgan fingerprint density at radius 2 is 2.11 bits per heavy atom. The van der Waals surface area contributed by atoms with E-state index < -0.39 is 0 Å². The van der Waals surface area contributed by atoms with Crippen molar-refractivity contribution in [2.24, 2.45) is 5.73 Å². The Labute approximate surface area is 110 Å². The Morgan fingerprint density at radius 3 is 2.72 bits per heavy atom. The summed E-state index contributed by atoms with van der Waals surface area (Å²) in [7, 11) is 0. The first kappa shape index (κ1) is 14.7. The summed E-state index contributed by atoms with van der Waals surface area (Å²) in [6, 6.07) is 8.35. The molecule has 0 aliphatic carbocycles. The van der Waals surface area contributed by atoms with E-state index in [2.05, 4.69) is 30.4 Å². The van der Waals surface area contributed by atoms with Gasteiger partial charge in [-0.05, 0) is 39.2 Å². The summed E-state index contributed by atoms with van der Waals surface area (Å²) in [6.45, 7) is 6.64. The van der Waals surface area contributed by atoms with Crippen LogP contribution in [0.1, 0.15) is 37.8 Å². The first-order chi connectivity index (χ1) is 8.37. The third-order valence-corrected chi connectivity index (χ3v) is 2.81. The maximum absolute atomic E-state index is 11.6. The van der Waals surface area contributed by atoms with Gasteiger partial charge in [-0.1, -0.05) is 29.8 Å². The van der Waals surface area contributed by atoms with E-state index in [9.17, 15) is 4.79 Å². The number of hydrogen-bond acceptors (Lipinski definition) is 2. The largest absolute Gasteiger partial charge is 0.356 e. The van der Waals surface area contributed by atoms with Crippen molar-refractivity contribution in [2.45, 2.75) is 45.6 Å². The topological polar surface area (TPSA) is 55.1 Å². The van der Waals surface area contributed by atoms with Crippen molar-refractivity contribution in [3.8, 4) is 0 Å². The highest BCUT2D eigenvalue weighted by Crippen LogP contribution is 2.07. The van der Waals surface area contributed by atoms with E-state index in [1.54, 1.807) is 0 Å². The van der Waals surface area contributed by atoms with Gasteiger partial charge >= 0.3 is 0 Å². The summed E-state index contributed by atoms with van der Waals surface area (Å²) in [6.07, 6.45) is 2.08. The number of nitrogens with one attached hydrogen (secondary N) is 1. The second-order valence-corrected chi connectivity index (χ2v) is 5.58. The molecule has 18 heavy (non-hydrogen) atoms. The van der Waals surface area contributed by atoms with Crippen LogP contribution in [0.25, 0.3) is 0 Å². The second kappa shape index (κ2) is 6.55. The maximum atomic E-state index is 11.6. The highest BCUT2D eigenvalue weighted by Gasteiger charge is 2.12. The predicted octanol–water partition coefficient (Wildman–Crippen LogP) is 2.17. The maximum Gasteiger partial charge on any atom is 0.220 e. The zero-order valence-corrected chi connectivity index (χ0v) is 11.6. The molecule has 0 fully saturated rings. The molecule has 3 nitrogen and oxygen atoms in total. The molecule has 100 valence electrons. The molecule has 3 N–H and O–H groups in total. The molecule has 0 bridgehead atoms. The Balaban J connectivity index is 2.23. The van der Waals surface area contributed by atoms with Gasteiger partial charge in [0.05, 0.1) is 0 Å². The van der Waals surface area contributed by atoms with E-state index in [1.165, 1.54) is 11.1 Å². The minimum atomic E-state index is -0.270. The van der Waals surface area contributed by atoms with Crippen LogP contribution < -0.4 is 11.1 Å². The monoisotopic (exact) mass is 248 g/mol. The number of nitrogens with two attached hydrogens (primary N) is 1. The molecule has 0 atom stereocenters. The number of hydrogen-bond donors (Lipinski definition) is 2. The third kappa shape index (κ3) is 6.40. The molecular weight excluding hydrogens is 224 g/mol. The van der Waals surface area contributed by atoms with Gasteiger partial charge in [-0.2, -0.15) is 0 Å². The molecule has 3 heteroatoms. The molecule has 1 amide bonds. The fourth-order valence-corrected chi connectivity index (χ4v) is 1.74. The van der Waals surface area contributed by atoms with Crippen LogP contribution in [0.3, 0.4) is 0 Å². The highest BCUT2D eigenvalue weighted by molar-refractivity contribution is 5.75. The third-order valence-electron chi connectivity index (χ3n) is 2.81. The Morgan fingerprint density at radius 1 is 1.39 bits per heavy atom. The molecule has 1 aromatic carbocycles. The minimum absolute atomic E-state index is 0.0844. The fourth-order valence-electron chi connectivity index (χ4n) is 1.74. The number of amides is 1. The lowest BCUT2D eigenvalue weighted by atomic mass is 10.00. The van der Waals surface area contributed by atoms with Gasteiger partial charge < -0.3 is 11.1 Å². The zero-order chi connectivity index (χ0) is 13.6. The van der Waals surface area contributed by atoms with Gasteiger partial charge in [-0.15, -0.1) is 0 Å². The summed E-state index contributed by atoms with van der Waals surface area (Å²) >= 11 is 0. The smallest absolute Gasteiger partial charge is 0.220 e. The van der Waals surface area contributed by atoms with Crippen molar-refractivity contribution < 1.29 is 4.79 Å². The van der Waals surface area contributed by atoms with Crippen molar-refractivity contribution in [3.05, 3.63) is 35.4 Å². The number of rotatable bonds is 6. The molecule has 0 spiro atoms. The van der Waals surface area contributed by atoms with Gasteiger partial charge in [0.15, 0.2) is 0 Å². The van der Waals surface area contributed by atoms with E-state index in [4.69, 9.17) is 5.73 Å². The first-order valence-corrected chi connectivity index (χ1v) is 6.48. The molecule has 0 saturated heterocycles. The van der Waals surface area contributed by atoms with Crippen LogP contribution in [-0.4, -0.2) is 18.0 Å². The van der Waals surface area contributed by atoms with Gasteiger partial charge in [0, 0.05) is 18.5 Å². The van der Waals surface area contributed by atoms with Crippen LogP contribution in [0.4, 0.5) is 0 Å². The minimum Gasteiger partial charge on any atom is -0.356 e. The number of benzene rings is 1. The van der Waals surface area contributed by atoms with E-state index >= 15 is 0 Å². The average Bonchev–Trinajstić information content (AvgIpc) is 2.25. The van der Waals surface area contributed by atoms with Crippen molar-refractivity contribution in [1.82, 2.24) is 5.32 Å². The molecule has 0 radical (unpaired) electrons. The predicted molar refractivity (Wildman–Crippen MR) is 75.4 cm³/mol. The van der Waals surface area contributed by atoms with Crippen LogP contribution >= 0.6 is 0 Å². The first-order valence-electron chi connectivity index (χ1n) is 6.48. The molecule has 0 aromatic heterocycles. The van der Waals surface area contributed by atoms with Crippen LogP contribution in [0.15, 0.2) is 24.3 Å². The normalized spacial score (nSPS) is 11.3. The summed E-state index contributed by atoms with van der Waals surface area (Å²) in [4.78, 5) is 11.6. The van der Waals surface area contributed by atoms with Crippen molar-refractivity contribution in [3.63, 3.8) is 0 Å². The van der Waals surface area contributed by atoms with Gasteiger partial charge in [0.1, 0.15) is 0 Å². The SMILES string of the molecule is Cc1cccc(CCNC(=O)CCC(C)(C)N)c1. The van der Waals surface area contributed by atoms with E-state index in [0.717, 1.165) is 6.42 Å². The van der Waals surface area contributed by atoms with Crippen LogP contribution in [0.5, 0.6) is 0 Å². The number of aryl methyl sites for hydroxylation is 1. The summed E-state index contributed by atoms with van der Waals surface area (Å²) in [5.41, 5.74) is 8.08. The Bertz CT molecular complexity index is 394. The van der Waals surface area contributed by atoms with E-state index in [-0.39, 0.29) is 11.4 Å².